The van der Waals surface area contributed by atoms with Crippen molar-refractivity contribution in [2.75, 3.05) is 11.9 Å². The van der Waals surface area contributed by atoms with Crippen LogP contribution >= 0.6 is 0 Å². The second kappa shape index (κ2) is 8.49. The summed E-state index contributed by atoms with van der Waals surface area (Å²) in [6.45, 7) is 3.36. The molecule has 0 aliphatic rings. The summed E-state index contributed by atoms with van der Waals surface area (Å²) in [7, 11) is 0. The Bertz CT molecular complexity index is 893. The number of aliphatic carboxylic acids is 1. The number of benzene rings is 2. The van der Waals surface area contributed by atoms with Gasteiger partial charge in [-0.25, -0.2) is 4.79 Å². The van der Waals surface area contributed by atoms with Gasteiger partial charge in [0.1, 0.15) is 17.4 Å². The molecule has 0 saturated carbocycles. The lowest BCUT2D eigenvalue weighted by Gasteiger charge is -2.09. The molecule has 2 N–H and O–H groups in total. The van der Waals surface area contributed by atoms with Crippen LogP contribution in [0.3, 0.4) is 0 Å². The maximum atomic E-state index is 12.4. The normalized spacial score (nSPS) is 10.7. The zero-order chi connectivity index (χ0) is 19.1. The number of carbonyl (C=O) groups excluding carboxylic acids is 1. The SMILES string of the molecule is Cc1ccc(C)c(NC(=O)/C(C#N)=C/c2ccc(OCC(=O)O)cc2)c1. The monoisotopic (exact) mass is 350 g/mol. The number of hydrogen-bond acceptors (Lipinski definition) is 4. The second-order valence-electron chi connectivity index (χ2n) is 5.69. The first-order valence-electron chi connectivity index (χ1n) is 7.84. The summed E-state index contributed by atoms with van der Waals surface area (Å²) in [5.41, 5.74) is 3.16. The van der Waals surface area contributed by atoms with Crippen LogP contribution in [0.1, 0.15) is 16.7 Å². The number of nitrogens with one attached hydrogen (secondary N) is 1. The predicted octanol–water partition coefficient (Wildman–Crippen LogP) is 3.31. The number of ether oxygens (including phenoxy) is 1. The molecule has 0 aliphatic carbocycles. The lowest BCUT2D eigenvalue weighted by Crippen LogP contribution is -2.14. The molecular formula is C20H18N2O4. The van der Waals surface area contributed by atoms with Gasteiger partial charge >= 0.3 is 5.97 Å². The van der Waals surface area contributed by atoms with Crippen LogP contribution in [0.25, 0.3) is 6.08 Å². The lowest BCUT2D eigenvalue weighted by atomic mass is 10.1. The van der Waals surface area contributed by atoms with E-state index in [1.54, 1.807) is 24.3 Å². The molecule has 2 aromatic carbocycles. The van der Waals surface area contributed by atoms with E-state index in [9.17, 15) is 14.9 Å². The molecule has 0 atom stereocenters. The van der Waals surface area contributed by atoms with Crippen molar-refractivity contribution in [3.8, 4) is 11.8 Å². The van der Waals surface area contributed by atoms with Gasteiger partial charge in [0.05, 0.1) is 0 Å². The number of amides is 1. The van der Waals surface area contributed by atoms with Crippen LogP contribution in [0.15, 0.2) is 48.0 Å². The fraction of sp³-hybridized carbons (Fsp3) is 0.150. The van der Waals surface area contributed by atoms with Gasteiger partial charge < -0.3 is 15.2 Å². The molecule has 0 radical (unpaired) electrons. The molecule has 6 heteroatoms. The van der Waals surface area contributed by atoms with E-state index in [4.69, 9.17) is 9.84 Å². The summed E-state index contributed by atoms with van der Waals surface area (Å²) in [5, 5.41) is 20.6. The zero-order valence-electron chi connectivity index (χ0n) is 14.4. The largest absolute Gasteiger partial charge is 0.482 e. The number of nitriles is 1. The van der Waals surface area contributed by atoms with Crippen molar-refractivity contribution in [1.29, 1.82) is 5.26 Å². The first kappa shape index (κ1) is 18.7. The number of carboxylic acid groups (broad SMARTS) is 1. The number of hydrogen-bond donors (Lipinski definition) is 2. The molecular weight excluding hydrogens is 332 g/mol. The van der Waals surface area contributed by atoms with Gasteiger partial charge in [0.15, 0.2) is 6.61 Å². The Balaban J connectivity index is 2.14. The third-order valence-corrected chi connectivity index (χ3v) is 3.56. The number of aryl methyl sites for hydroxylation is 2. The van der Waals surface area contributed by atoms with Crippen molar-refractivity contribution >= 4 is 23.6 Å². The van der Waals surface area contributed by atoms with Gasteiger partial charge in [-0.3, -0.25) is 4.79 Å². The van der Waals surface area contributed by atoms with Gasteiger partial charge in [-0.05, 0) is 54.8 Å². The zero-order valence-corrected chi connectivity index (χ0v) is 14.4. The Kier molecular flexibility index (Phi) is 6.12. The Morgan fingerprint density at radius 2 is 1.88 bits per heavy atom. The number of rotatable bonds is 6. The average molecular weight is 350 g/mol. The van der Waals surface area contributed by atoms with Crippen LogP contribution in [0.2, 0.25) is 0 Å². The quantitative estimate of drug-likeness (QED) is 0.615. The topological polar surface area (TPSA) is 99.4 Å². The van der Waals surface area contributed by atoms with E-state index in [1.165, 1.54) is 6.08 Å². The first-order valence-corrected chi connectivity index (χ1v) is 7.84. The Hall–Kier alpha value is -3.59. The highest BCUT2D eigenvalue weighted by atomic mass is 16.5. The van der Waals surface area contributed by atoms with Gasteiger partial charge in [0.25, 0.3) is 5.91 Å². The van der Waals surface area contributed by atoms with E-state index >= 15 is 0 Å². The predicted molar refractivity (Wildman–Crippen MR) is 97.7 cm³/mol. The molecule has 0 unspecified atom stereocenters. The van der Waals surface area contributed by atoms with Crippen molar-refractivity contribution in [1.82, 2.24) is 0 Å². The molecule has 0 aliphatic heterocycles. The highest BCUT2D eigenvalue weighted by molar-refractivity contribution is 6.10. The number of anilines is 1. The number of nitrogens with zero attached hydrogens (tertiary/aromatic N) is 1. The van der Waals surface area contributed by atoms with Crippen molar-refractivity contribution in [3.05, 3.63) is 64.7 Å². The maximum absolute atomic E-state index is 12.4. The second-order valence-corrected chi connectivity index (χ2v) is 5.69. The molecule has 0 saturated heterocycles. The molecule has 2 rings (SSSR count). The third kappa shape index (κ3) is 5.21. The summed E-state index contributed by atoms with van der Waals surface area (Å²) >= 11 is 0. The molecule has 2 aromatic rings. The van der Waals surface area contributed by atoms with Crippen LogP contribution < -0.4 is 10.1 Å². The fourth-order valence-electron chi connectivity index (χ4n) is 2.18. The van der Waals surface area contributed by atoms with Crippen LogP contribution in [0, 0.1) is 25.2 Å². The van der Waals surface area contributed by atoms with E-state index in [0.717, 1.165) is 11.1 Å². The number of carbonyl (C=O) groups is 2. The minimum Gasteiger partial charge on any atom is -0.482 e. The standard InChI is InChI=1S/C20H18N2O4/c1-13-3-4-14(2)18(9-13)22-20(25)16(11-21)10-15-5-7-17(8-6-15)26-12-19(23)24/h3-10H,12H2,1-2H3,(H,22,25)(H,23,24)/b16-10+. The third-order valence-electron chi connectivity index (χ3n) is 3.56. The molecule has 0 aromatic heterocycles. The summed E-state index contributed by atoms with van der Waals surface area (Å²) in [4.78, 5) is 22.8. The van der Waals surface area contributed by atoms with E-state index in [2.05, 4.69) is 5.32 Å². The van der Waals surface area contributed by atoms with Gasteiger partial charge in [-0.15, -0.1) is 0 Å². The molecule has 26 heavy (non-hydrogen) atoms. The smallest absolute Gasteiger partial charge is 0.341 e. The minimum absolute atomic E-state index is 0.0369. The fourth-order valence-corrected chi connectivity index (χ4v) is 2.18. The average Bonchev–Trinajstić information content (AvgIpc) is 2.61. The van der Waals surface area contributed by atoms with Crippen LogP contribution in [0.4, 0.5) is 5.69 Å². The Morgan fingerprint density at radius 3 is 2.50 bits per heavy atom. The molecule has 0 fully saturated rings. The van der Waals surface area contributed by atoms with Crippen LogP contribution in [0.5, 0.6) is 5.75 Å². The molecule has 0 heterocycles. The molecule has 0 spiro atoms. The molecule has 0 bridgehead atoms. The van der Waals surface area contributed by atoms with Crippen molar-refractivity contribution in [3.63, 3.8) is 0 Å². The lowest BCUT2D eigenvalue weighted by molar-refractivity contribution is -0.139. The van der Waals surface area contributed by atoms with Crippen LogP contribution in [-0.2, 0) is 9.59 Å². The molecule has 132 valence electrons. The molecule has 6 nitrogen and oxygen atoms in total. The highest BCUT2D eigenvalue weighted by Gasteiger charge is 2.11. The Labute approximate surface area is 151 Å². The van der Waals surface area contributed by atoms with Gasteiger partial charge in [0, 0.05) is 5.69 Å². The maximum Gasteiger partial charge on any atom is 0.341 e. The number of carboxylic acids is 1. The first-order chi connectivity index (χ1) is 12.4. The van der Waals surface area contributed by atoms with Crippen molar-refractivity contribution < 1.29 is 19.4 Å². The highest BCUT2D eigenvalue weighted by Crippen LogP contribution is 2.18. The summed E-state index contributed by atoms with van der Waals surface area (Å²) in [6.07, 6.45) is 1.46. The van der Waals surface area contributed by atoms with E-state index in [0.29, 0.717) is 17.0 Å². The molecule has 1 amide bonds. The van der Waals surface area contributed by atoms with Crippen molar-refractivity contribution in [2.45, 2.75) is 13.8 Å². The minimum atomic E-state index is -1.07. The van der Waals surface area contributed by atoms with Crippen LogP contribution in [-0.4, -0.2) is 23.6 Å². The van der Waals surface area contributed by atoms with Crippen molar-refractivity contribution in [2.24, 2.45) is 0 Å². The van der Waals surface area contributed by atoms with E-state index < -0.39 is 18.5 Å². The Morgan fingerprint density at radius 1 is 1.19 bits per heavy atom. The summed E-state index contributed by atoms with van der Waals surface area (Å²) in [5.74, 6) is -1.17. The summed E-state index contributed by atoms with van der Waals surface area (Å²) < 4.78 is 5.04. The van der Waals surface area contributed by atoms with E-state index in [1.807, 2.05) is 38.1 Å². The van der Waals surface area contributed by atoms with E-state index in [-0.39, 0.29) is 5.57 Å². The van der Waals surface area contributed by atoms with Gasteiger partial charge in [-0.2, -0.15) is 5.26 Å². The van der Waals surface area contributed by atoms with Gasteiger partial charge in [-0.1, -0.05) is 24.3 Å². The summed E-state index contributed by atoms with van der Waals surface area (Å²) in [6, 6.07) is 14.0. The van der Waals surface area contributed by atoms with Gasteiger partial charge in [0.2, 0.25) is 0 Å².